The van der Waals surface area contributed by atoms with Gasteiger partial charge < -0.3 is 16.0 Å². The summed E-state index contributed by atoms with van der Waals surface area (Å²) in [7, 11) is 0. The van der Waals surface area contributed by atoms with Crippen molar-refractivity contribution < 1.29 is 4.79 Å². The number of halogens is 1. The zero-order valence-electron chi connectivity index (χ0n) is 9.46. The topological polar surface area (TPSA) is 58.4 Å². The summed E-state index contributed by atoms with van der Waals surface area (Å²) in [6.07, 6.45) is 0. The van der Waals surface area contributed by atoms with E-state index in [2.05, 4.69) is 21.2 Å². The number of carbonyl (C=O) groups is 1. The maximum Gasteiger partial charge on any atom is 0.321 e. The molecule has 0 aliphatic carbocycles. The number of hydrogen-bond acceptors (Lipinski definition) is 2. The van der Waals surface area contributed by atoms with Gasteiger partial charge in [0.2, 0.25) is 0 Å². The van der Waals surface area contributed by atoms with Gasteiger partial charge in [-0.05, 0) is 48.0 Å². The van der Waals surface area contributed by atoms with E-state index < -0.39 is 0 Å². The maximum absolute atomic E-state index is 11.8. The molecule has 0 aromatic heterocycles. The molecule has 0 bridgehead atoms. The molecule has 0 saturated carbocycles. The molecule has 4 nitrogen and oxygen atoms in total. The van der Waals surface area contributed by atoms with Crippen molar-refractivity contribution >= 4 is 33.3 Å². The summed E-state index contributed by atoms with van der Waals surface area (Å²) < 4.78 is 0.821. The molecule has 2 amide bonds. The summed E-state index contributed by atoms with van der Waals surface area (Å²) in [5, 5.41) is 2.81. The number of nitrogens with zero attached hydrogens (tertiary/aromatic N) is 1. The molecule has 0 aliphatic heterocycles. The standard InChI is InChI=1S/C11H16BrN3O/c1-3-15(4-2)11(16)14-10-7-8(13)5-6-9(10)12/h5-7H,3-4,13H2,1-2H3,(H,14,16). The normalized spacial score (nSPS) is 9.94. The number of nitrogen functional groups attached to an aromatic ring is 1. The van der Waals surface area contributed by atoms with Crippen molar-refractivity contribution in [2.24, 2.45) is 0 Å². The predicted molar refractivity (Wildman–Crippen MR) is 70.5 cm³/mol. The highest BCUT2D eigenvalue weighted by Crippen LogP contribution is 2.24. The second-order valence-electron chi connectivity index (χ2n) is 3.34. The molecule has 1 rings (SSSR count). The highest BCUT2D eigenvalue weighted by atomic mass is 79.9. The van der Waals surface area contributed by atoms with E-state index in [4.69, 9.17) is 5.73 Å². The fraction of sp³-hybridized carbons (Fsp3) is 0.364. The summed E-state index contributed by atoms with van der Waals surface area (Å²) in [6.45, 7) is 5.25. The van der Waals surface area contributed by atoms with Crippen molar-refractivity contribution in [3.8, 4) is 0 Å². The molecule has 3 N–H and O–H groups in total. The SMILES string of the molecule is CCN(CC)C(=O)Nc1cc(N)ccc1Br. The van der Waals surface area contributed by atoms with Crippen molar-refractivity contribution in [1.29, 1.82) is 0 Å². The maximum atomic E-state index is 11.8. The van der Waals surface area contributed by atoms with Crippen molar-refractivity contribution in [3.63, 3.8) is 0 Å². The predicted octanol–water partition coefficient (Wildman–Crippen LogP) is 2.91. The van der Waals surface area contributed by atoms with E-state index in [0.717, 1.165) is 4.47 Å². The molecule has 0 aliphatic rings. The quantitative estimate of drug-likeness (QED) is 0.839. The first kappa shape index (κ1) is 12.8. The largest absolute Gasteiger partial charge is 0.399 e. The molecule has 0 spiro atoms. The monoisotopic (exact) mass is 285 g/mol. The van der Waals surface area contributed by atoms with Gasteiger partial charge in [0.05, 0.1) is 5.69 Å². The van der Waals surface area contributed by atoms with Crippen molar-refractivity contribution in [2.75, 3.05) is 24.1 Å². The molecule has 1 aromatic carbocycles. The number of rotatable bonds is 3. The highest BCUT2D eigenvalue weighted by molar-refractivity contribution is 9.10. The van der Waals surface area contributed by atoms with Crippen molar-refractivity contribution in [3.05, 3.63) is 22.7 Å². The molecule has 88 valence electrons. The Morgan fingerprint density at radius 2 is 2.06 bits per heavy atom. The van der Waals surface area contributed by atoms with Crippen LogP contribution in [0.3, 0.4) is 0 Å². The smallest absolute Gasteiger partial charge is 0.321 e. The van der Waals surface area contributed by atoms with Crippen molar-refractivity contribution in [1.82, 2.24) is 4.90 Å². The Morgan fingerprint density at radius 1 is 1.44 bits per heavy atom. The Hall–Kier alpha value is -1.23. The molecule has 1 aromatic rings. The summed E-state index contributed by atoms with van der Waals surface area (Å²) in [5.41, 5.74) is 6.97. The van der Waals surface area contributed by atoms with Gasteiger partial charge in [0.1, 0.15) is 0 Å². The Labute approximate surface area is 104 Å². The van der Waals surface area contributed by atoms with Gasteiger partial charge in [0, 0.05) is 23.2 Å². The third-order valence-electron chi connectivity index (χ3n) is 2.28. The lowest BCUT2D eigenvalue weighted by atomic mass is 10.3. The van der Waals surface area contributed by atoms with Crippen LogP contribution < -0.4 is 11.1 Å². The summed E-state index contributed by atoms with van der Waals surface area (Å²) in [4.78, 5) is 13.5. The van der Waals surface area contributed by atoms with Gasteiger partial charge in [-0.2, -0.15) is 0 Å². The summed E-state index contributed by atoms with van der Waals surface area (Å²) >= 11 is 3.36. The van der Waals surface area contributed by atoms with Gasteiger partial charge in [-0.3, -0.25) is 0 Å². The number of amides is 2. The average Bonchev–Trinajstić information content (AvgIpc) is 2.25. The average molecular weight is 286 g/mol. The highest BCUT2D eigenvalue weighted by Gasteiger charge is 2.10. The molecular formula is C11H16BrN3O. The van der Waals surface area contributed by atoms with Crippen molar-refractivity contribution in [2.45, 2.75) is 13.8 Å². The number of benzene rings is 1. The third kappa shape index (κ3) is 3.13. The lowest BCUT2D eigenvalue weighted by Crippen LogP contribution is -2.34. The van der Waals surface area contributed by atoms with E-state index in [-0.39, 0.29) is 6.03 Å². The zero-order valence-corrected chi connectivity index (χ0v) is 11.0. The molecule has 0 unspecified atom stereocenters. The van der Waals surface area contributed by atoms with Crippen LogP contribution in [-0.2, 0) is 0 Å². The van der Waals surface area contributed by atoms with Crippen LogP contribution in [0.1, 0.15) is 13.8 Å². The fourth-order valence-corrected chi connectivity index (χ4v) is 1.69. The first-order valence-corrected chi connectivity index (χ1v) is 5.98. The van der Waals surface area contributed by atoms with Gasteiger partial charge in [0.25, 0.3) is 0 Å². The number of nitrogens with one attached hydrogen (secondary N) is 1. The van der Waals surface area contributed by atoms with Crippen LogP contribution in [-0.4, -0.2) is 24.0 Å². The van der Waals surface area contributed by atoms with Gasteiger partial charge in [-0.25, -0.2) is 4.79 Å². The lowest BCUT2D eigenvalue weighted by molar-refractivity contribution is 0.217. The van der Waals surface area contributed by atoms with E-state index >= 15 is 0 Å². The minimum Gasteiger partial charge on any atom is -0.399 e. The van der Waals surface area contributed by atoms with Gasteiger partial charge in [-0.15, -0.1) is 0 Å². The molecule has 5 heteroatoms. The number of carbonyl (C=O) groups excluding carboxylic acids is 1. The molecule has 0 heterocycles. The molecule has 0 radical (unpaired) electrons. The lowest BCUT2D eigenvalue weighted by Gasteiger charge is -2.19. The van der Waals surface area contributed by atoms with Gasteiger partial charge in [-0.1, -0.05) is 0 Å². The molecule has 0 saturated heterocycles. The minimum absolute atomic E-state index is 0.115. The van der Waals surface area contributed by atoms with Gasteiger partial charge in [0.15, 0.2) is 0 Å². The molecule has 0 fully saturated rings. The van der Waals surface area contributed by atoms with E-state index in [0.29, 0.717) is 24.5 Å². The van der Waals surface area contributed by atoms with Crippen LogP contribution in [0.5, 0.6) is 0 Å². The molecular weight excluding hydrogens is 270 g/mol. The second kappa shape index (κ2) is 5.75. The molecule has 16 heavy (non-hydrogen) atoms. The zero-order chi connectivity index (χ0) is 12.1. The van der Waals surface area contributed by atoms with Crippen LogP contribution in [0, 0.1) is 0 Å². The summed E-state index contributed by atoms with van der Waals surface area (Å²) in [6, 6.07) is 5.20. The third-order valence-corrected chi connectivity index (χ3v) is 2.97. The fourth-order valence-electron chi connectivity index (χ4n) is 1.34. The van der Waals surface area contributed by atoms with Crippen LogP contribution in [0.25, 0.3) is 0 Å². The number of hydrogen-bond donors (Lipinski definition) is 2. The van der Waals surface area contributed by atoms with Gasteiger partial charge >= 0.3 is 6.03 Å². The first-order chi connectivity index (χ1) is 7.58. The van der Waals surface area contributed by atoms with Crippen LogP contribution in [0.15, 0.2) is 22.7 Å². The van der Waals surface area contributed by atoms with Crippen LogP contribution in [0.2, 0.25) is 0 Å². The van der Waals surface area contributed by atoms with E-state index in [1.165, 1.54) is 0 Å². The second-order valence-corrected chi connectivity index (χ2v) is 4.20. The minimum atomic E-state index is -0.115. The van der Waals surface area contributed by atoms with Crippen LogP contribution in [0.4, 0.5) is 16.2 Å². The number of nitrogens with two attached hydrogens (primary N) is 1. The Kier molecular flexibility index (Phi) is 4.61. The Bertz CT molecular complexity index is 377. The van der Waals surface area contributed by atoms with E-state index in [9.17, 15) is 4.79 Å². The number of anilines is 2. The Balaban J connectivity index is 2.80. The van der Waals surface area contributed by atoms with E-state index in [1.807, 2.05) is 19.9 Å². The van der Waals surface area contributed by atoms with E-state index in [1.54, 1.807) is 17.0 Å². The Morgan fingerprint density at radius 3 is 2.62 bits per heavy atom. The molecule has 0 atom stereocenters. The summed E-state index contributed by atoms with van der Waals surface area (Å²) in [5.74, 6) is 0. The number of urea groups is 1. The first-order valence-electron chi connectivity index (χ1n) is 5.19. The van der Waals surface area contributed by atoms with Crippen LogP contribution >= 0.6 is 15.9 Å².